The minimum Gasteiger partial charge on any atom is -0.488 e. The molecule has 0 spiro atoms. The summed E-state index contributed by atoms with van der Waals surface area (Å²) < 4.78 is 8.61. The molecule has 0 fully saturated rings. The fourth-order valence-electron chi connectivity index (χ4n) is 1.65. The van der Waals surface area contributed by atoms with Gasteiger partial charge in [-0.1, -0.05) is 29.8 Å². The highest BCUT2D eigenvalue weighted by Crippen LogP contribution is 2.43. The van der Waals surface area contributed by atoms with Crippen LogP contribution in [-0.2, 0) is 0 Å². The van der Waals surface area contributed by atoms with E-state index in [2.05, 4.69) is 53.1 Å². The van der Waals surface area contributed by atoms with Gasteiger partial charge < -0.3 is 15.2 Å². The first kappa shape index (κ1) is 18.4. The number of hydrogen-bond acceptors (Lipinski definition) is 3. The highest BCUT2D eigenvalue weighted by Gasteiger charge is 2.17. The topological polar surface area (TPSA) is 41.5 Å². The van der Waals surface area contributed by atoms with Crippen LogP contribution in [0.5, 0.6) is 5.75 Å². The predicted molar refractivity (Wildman–Crippen MR) is 93.7 cm³/mol. The molecule has 2 N–H and O–H groups in total. The van der Waals surface area contributed by atoms with E-state index in [1.54, 1.807) is 0 Å². The summed E-state index contributed by atoms with van der Waals surface area (Å²) in [6.07, 6.45) is -0.541. The molecule has 0 aromatic heterocycles. The summed E-state index contributed by atoms with van der Waals surface area (Å²) in [5, 5.41) is 13.1. The zero-order chi connectivity index (χ0) is 15.4. The summed E-state index contributed by atoms with van der Waals surface area (Å²) in [5.41, 5.74) is 2.16. The summed E-state index contributed by atoms with van der Waals surface area (Å²) in [4.78, 5) is 0. The third-order valence-electron chi connectivity index (χ3n) is 2.90. The van der Waals surface area contributed by atoms with Crippen LogP contribution >= 0.6 is 47.8 Å². The Kier molecular flexibility index (Phi) is 7.49. The maximum Gasteiger partial charge on any atom is 0.148 e. The molecule has 0 radical (unpaired) electrons. The number of ether oxygens (including phenoxy) is 1. The normalized spacial score (nSPS) is 12.8. The highest BCUT2D eigenvalue weighted by molar-refractivity contribution is 9.11. The van der Waals surface area contributed by atoms with Crippen molar-refractivity contribution in [3.63, 3.8) is 0 Å². The van der Waals surface area contributed by atoms with Gasteiger partial charge in [0.1, 0.15) is 18.5 Å². The lowest BCUT2D eigenvalue weighted by atomic mass is 10.1. The molecule has 1 atom stereocenters. The van der Waals surface area contributed by atoms with Gasteiger partial charge >= 0.3 is 0 Å². The Morgan fingerprint density at radius 1 is 1.05 bits per heavy atom. The number of halogens is 3. The van der Waals surface area contributed by atoms with Gasteiger partial charge in [0.15, 0.2) is 0 Å². The van der Waals surface area contributed by atoms with Crippen molar-refractivity contribution in [1.82, 2.24) is 5.32 Å². The number of rotatable bonds is 6. The van der Waals surface area contributed by atoms with Crippen LogP contribution in [0.1, 0.15) is 25.0 Å². The second-order valence-electron chi connectivity index (χ2n) is 5.05. The minimum atomic E-state index is -0.541. The van der Waals surface area contributed by atoms with Gasteiger partial charge in [-0.15, -0.1) is 0 Å². The second kappa shape index (κ2) is 8.13. The molecule has 1 aromatic carbocycles. The molecular formula is C14H20Br3NO2. The largest absolute Gasteiger partial charge is 0.488 e. The number of benzene rings is 1. The lowest BCUT2D eigenvalue weighted by Gasteiger charge is -2.19. The van der Waals surface area contributed by atoms with Gasteiger partial charge in [0.05, 0.1) is 8.95 Å². The third-order valence-corrected chi connectivity index (χ3v) is 6.00. The van der Waals surface area contributed by atoms with Crippen LogP contribution in [0.2, 0.25) is 0 Å². The van der Waals surface area contributed by atoms with Crippen LogP contribution in [0.4, 0.5) is 0 Å². The zero-order valence-corrected chi connectivity index (χ0v) is 16.8. The van der Waals surface area contributed by atoms with Crippen LogP contribution in [0.25, 0.3) is 0 Å². The summed E-state index contributed by atoms with van der Waals surface area (Å²) in [6, 6.07) is 0.347. The minimum absolute atomic E-state index is 0.247. The van der Waals surface area contributed by atoms with E-state index < -0.39 is 6.10 Å². The van der Waals surface area contributed by atoms with E-state index in [0.29, 0.717) is 12.6 Å². The highest BCUT2D eigenvalue weighted by atomic mass is 79.9. The van der Waals surface area contributed by atoms with E-state index in [9.17, 15) is 5.11 Å². The second-order valence-corrected chi connectivity index (χ2v) is 7.43. The average molecular weight is 474 g/mol. The molecule has 0 unspecified atom stereocenters. The SMILES string of the molecule is Cc1c(Br)c(C)c(Br)c(OC[C@H](O)CNC(C)C)c1Br. The zero-order valence-electron chi connectivity index (χ0n) is 12.1. The Balaban J connectivity index is 2.78. The van der Waals surface area contributed by atoms with Crippen molar-refractivity contribution in [3.8, 4) is 5.75 Å². The van der Waals surface area contributed by atoms with E-state index in [4.69, 9.17) is 4.74 Å². The number of aliphatic hydroxyl groups is 1. The number of aliphatic hydroxyl groups excluding tert-OH is 1. The van der Waals surface area contributed by atoms with Gasteiger partial charge in [0.2, 0.25) is 0 Å². The third kappa shape index (κ3) is 4.70. The van der Waals surface area contributed by atoms with E-state index in [0.717, 1.165) is 30.3 Å². The lowest BCUT2D eigenvalue weighted by molar-refractivity contribution is 0.104. The lowest BCUT2D eigenvalue weighted by Crippen LogP contribution is -2.35. The molecule has 6 heteroatoms. The van der Waals surface area contributed by atoms with Crippen LogP contribution in [0.3, 0.4) is 0 Å². The van der Waals surface area contributed by atoms with E-state index in [1.807, 2.05) is 27.7 Å². The van der Waals surface area contributed by atoms with Crippen LogP contribution in [0.15, 0.2) is 13.4 Å². The predicted octanol–water partition coefficient (Wildman–Crippen LogP) is 4.33. The summed E-state index contributed by atoms with van der Waals surface area (Å²) >= 11 is 10.7. The van der Waals surface area contributed by atoms with Crippen molar-refractivity contribution in [1.29, 1.82) is 0 Å². The first-order valence-corrected chi connectivity index (χ1v) is 8.81. The average Bonchev–Trinajstić information content (AvgIpc) is 2.40. The van der Waals surface area contributed by atoms with Crippen molar-refractivity contribution in [2.24, 2.45) is 0 Å². The van der Waals surface area contributed by atoms with Crippen molar-refractivity contribution in [2.75, 3.05) is 13.2 Å². The molecule has 1 aromatic rings. The van der Waals surface area contributed by atoms with Gasteiger partial charge in [-0.05, 0) is 56.8 Å². The summed E-state index contributed by atoms with van der Waals surface area (Å²) in [5.74, 6) is 0.729. The molecule has 0 saturated carbocycles. The Morgan fingerprint density at radius 2 is 1.55 bits per heavy atom. The van der Waals surface area contributed by atoms with Crippen molar-refractivity contribution in [3.05, 3.63) is 24.5 Å². The monoisotopic (exact) mass is 471 g/mol. The Bertz CT molecular complexity index is 449. The van der Waals surface area contributed by atoms with E-state index >= 15 is 0 Å². The molecule has 0 heterocycles. The molecular weight excluding hydrogens is 454 g/mol. The van der Waals surface area contributed by atoms with Gasteiger partial charge in [0, 0.05) is 17.1 Å². The van der Waals surface area contributed by atoms with E-state index in [1.165, 1.54) is 0 Å². The summed E-state index contributed by atoms with van der Waals surface area (Å²) in [6.45, 7) is 8.87. The van der Waals surface area contributed by atoms with Crippen molar-refractivity contribution >= 4 is 47.8 Å². The number of nitrogens with one attached hydrogen (secondary N) is 1. The smallest absolute Gasteiger partial charge is 0.148 e. The molecule has 0 bridgehead atoms. The fraction of sp³-hybridized carbons (Fsp3) is 0.571. The quantitative estimate of drug-likeness (QED) is 0.646. The van der Waals surface area contributed by atoms with E-state index in [-0.39, 0.29) is 6.61 Å². The molecule has 0 amide bonds. The van der Waals surface area contributed by atoms with Gasteiger partial charge in [0.25, 0.3) is 0 Å². The molecule has 0 saturated heterocycles. The van der Waals surface area contributed by atoms with Gasteiger partial charge in [-0.3, -0.25) is 0 Å². The first-order valence-electron chi connectivity index (χ1n) is 6.43. The van der Waals surface area contributed by atoms with Crippen LogP contribution < -0.4 is 10.1 Å². The molecule has 0 aliphatic rings. The standard InChI is InChI=1S/C14H20Br3NO2/c1-7(2)18-5-10(19)6-20-14-12(16)8(3)11(15)9(4)13(14)17/h7,10,18-19H,5-6H2,1-4H3/t10-/m1/s1. The van der Waals surface area contributed by atoms with Gasteiger partial charge in [-0.2, -0.15) is 0 Å². The Labute approximate surface area is 145 Å². The molecule has 114 valence electrons. The molecule has 20 heavy (non-hydrogen) atoms. The maximum absolute atomic E-state index is 9.91. The van der Waals surface area contributed by atoms with Gasteiger partial charge in [-0.25, -0.2) is 0 Å². The molecule has 0 aliphatic heterocycles. The van der Waals surface area contributed by atoms with Crippen LogP contribution in [0, 0.1) is 13.8 Å². The van der Waals surface area contributed by atoms with Crippen molar-refractivity contribution in [2.45, 2.75) is 39.8 Å². The molecule has 0 aliphatic carbocycles. The first-order chi connectivity index (χ1) is 9.25. The van der Waals surface area contributed by atoms with Crippen LogP contribution in [-0.4, -0.2) is 30.4 Å². The Hall–Kier alpha value is 0.380. The maximum atomic E-state index is 9.91. The molecule has 3 nitrogen and oxygen atoms in total. The Morgan fingerprint density at radius 3 is 2.00 bits per heavy atom. The summed E-state index contributed by atoms with van der Waals surface area (Å²) in [7, 11) is 0. The fourth-order valence-corrected chi connectivity index (χ4v) is 3.86. The number of hydrogen-bond donors (Lipinski definition) is 2. The molecule has 1 rings (SSSR count). The van der Waals surface area contributed by atoms with Crippen molar-refractivity contribution < 1.29 is 9.84 Å².